The van der Waals surface area contributed by atoms with Crippen LogP contribution in [0.5, 0.6) is 0 Å². The van der Waals surface area contributed by atoms with Crippen LogP contribution in [0.15, 0.2) is 18.2 Å². The van der Waals surface area contributed by atoms with Gasteiger partial charge in [0.05, 0.1) is 5.56 Å². The van der Waals surface area contributed by atoms with Crippen molar-refractivity contribution in [3.63, 3.8) is 0 Å². The van der Waals surface area contributed by atoms with Gasteiger partial charge in [-0.15, -0.1) is 0 Å². The van der Waals surface area contributed by atoms with E-state index in [1.165, 1.54) is 0 Å². The maximum absolute atomic E-state index is 13.5. The fraction of sp³-hybridized carbons (Fsp3) is 0.357. The predicted molar refractivity (Wildman–Crippen MR) is 72.1 cm³/mol. The second-order valence-corrected chi connectivity index (χ2v) is 4.59. The first-order valence-electron chi connectivity index (χ1n) is 6.51. The predicted octanol–water partition coefficient (Wildman–Crippen LogP) is 3.87. The van der Waals surface area contributed by atoms with Gasteiger partial charge in [0.2, 0.25) is 0 Å². The van der Waals surface area contributed by atoms with Crippen LogP contribution in [-0.2, 0) is 19.1 Å². The summed E-state index contributed by atoms with van der Waals surface area (Å²) in [6, 6.07) is 2.33. The summed E-state index contributed by atoms with van der Waals surface area (Å²) in [5, 5.41) is 0. The molecule has 2 aromatic rings. The zero-order chi connectivity index (χ0) is 15.8. The van der Waals surface area contributed by atoms with E-state index in [1.807, 2.05) is 13.8 Å². The van der Waals surface area contributed by atoms with E-state index in [1.54, 1.807) is 4.57 Å². The highest BCUT2D eigenvalue weighted by Crippen LogP contribution is 2.34. The number of nitrogens with zero attached hydrogens (tertiary/aromatic N) is 2. The number of hydrogen-bond donors (Lipinski definition) is 1. The minimum Gasteiger partial charge on any atom is -0.383 e. The van der Waals surface area contributed by atoms with Crippen LogP contribution in [0.4, 0.5) is 23.4 Å². The number of nitrogens with two attached hydrogens (primary N) is 1. The standard InChI is InChI=1S/C14H15F4N3/c1-3-11-20-12(13(19)21(11)4-2)8-5-9(14(16,17)18)7-10(15)6-8/h5-7H,3-4,19H2,1-2H3. The van der Waals surface area contributed by atoms with Crippen LogP contribution < -0.4 is 5.73 Å². The molecule has 0 saturated carbocycles. The zero-order valence-electron chi connectivity index (χ0n) is 11.6. The number of benzene rings is 1. The van der Waals surface area contributed by atoms with Crippen LogP contribution in [0.2, 0.25) is 0 Å². The van der Waals surface area contributed by atoms with Gasteiger partial charge >= 0.3 is 6.18 Å². The molecule has 0 unspecified atom stereocenters. The summed E-state index contributed by atoms with van der Waals surface area (Å²) in [5.41, 5.74) is 5.08. The lowest BCUT2D eigenvalue weighted by molar-refractivity contribution is -0.137. The second-order valence-electron chi connectivity index (χ2n) is 4.59. The van der Waals surface area contributed by atoms with Crippen LogP contribution in [0, 0.1) is 5.82 Å². The van der Waals surface area contributed by atoms with E-state index in [0.717, 1.165) is 12.1 Å². The highest BCUT2D eigenvalue weighted by Gasteiger charge is 2.32. The number of imidazole rings is 1. The molecule has 1 aromatic heterocycles. The molecule has 1 aromatic carbocycles. The molecule has 0 fully saturated rings. The van der Waals surface area contributed by atoms with E-state index in [2.05, 4.69) is 4.98 Å². The number of alkyl halides is 3. The number of aryl methyl sites for hydroxylation is 1. The Kier molecular flexibility index (Phi) is 3.93. The molecule has 0 aliphatic carbocycles. The van der Waals surface area contributed by atoms with Crippen molar-refractivity contribution in [3.8, 4) is 11.3 Å². The second kappa shape index (κ2) is 5.38. The molecule has 114 valence electrons. The molecule has 0 spiro atoms. The van der Waals surface area contributed by atoms with Gasteiger partial charge in [-0.05, 0) is 25.1 Å². The van der Waals surface area contributed by atoms with E-state index in [-0.39, 0.29) is 17.1 Å². The number of hydrogen-bond acceptors (Lipinski definition) is 2. The van der Waals surface area contributed by atoms with Crippen LogP contribution >= 0.6 is 0 Å². The van der Waals surface area contributed by atoms with Crippen molar-refractivity contribution in [1.29, 1.82) is 0 Å². The highest BCUT2D eigenvalue weighted by molar-refractivity contribution is 5.71. The van der Waals surface area contributed by atoms with Gasteiger partial charge in [0, 0.05) is 18.5 Å². The maximum atomic E-state index is 13.5. The molecule has 1 heterocycles. The third-order valence-electron chi connectivity index (χ3n) is 3.22. The number of aromatic nitrogens is 2. The van der Waals surface area contributed by atoms with Gasteiger partial charge in [0.15, 0.2) is 0 Å². The van der Waals surface area contributed by atoms with E-state index >= 15 is 0 Å². The zero-order valence-corrected chi connectivity index (χ0v) is 11.6. The topological polar surface area (TPSA) is 43.8 Å². The first-order valence-corrected chi connectivity index (χ1v) is 6.51. The lowest BCUT2D eigenvalue weighted by Crippen LogP contribution is -2.06. The fourth-order valence-corrected chi connectivity index (χ4v) is 2.24. The monoisotopic (exact) mass is 301 g/mol. The Morgan fingerprint density at radius 2 is 1.86 bits per heavy atom. The van der Waals surface area contributed by atoms with Gasteiger partial charge in [0.25, 0.3) is 0 Å². The Morgan fingerprint density at radius 1 is 1.19 bits per heavy atom. The van der Waals surface area contributed by atoms with Crippen molar-refractivity contribution >= 4 is 5.82 Å². The first kappa shape index (κ1) is 15.3. The summed E-state index contributed by atoms with van der Waals surface area (Å²) >= 11 is 0. The molecule has 3 nitrogen and oxygen atoms in total. The van der Waals surface area contributed by atoms with Gasteiger partial charge in [-0.2, -0.15) is 13.2 Å². The summed E-state index contributed by atoms with van der Waals surface area (Å²) in [5.74, 6) is -0.0702. The minimum atomic E-state index is -4.62. The lowest BCUT2D eigenvalue weighted by Gasteiger charge is -2.09. The van der Waals surface area contributed by atoms with Crippen molar-refractivity contribution in [2.24, 2.45) is 0 Å². The number of halogens is 4. The Labute approximate surface area is 119 Å². The van der Waals surface area contributed by atoms with E-state index in [4.69, 9.17) is 5.73 Å². The third-order valence-corrected chi connectivity index (χ3v) is 3.22. The van der Waals surface area contributed by atoms with Crippen LogP contribution in [0.25, 0.3) is 11.3 Å². The number of rotatable bonds is 3. The highest BCUT2D eigenvalue weighted by atomic mass is 19.4. The van der Waals surface area contributed by atoms with Crippen LogP contribution in [0.3, 0.4) is 0 Å². The van der Waals surface area contributed by atoms with E-state index in [9.17, 15) is 17.6 Å². The molecular formula is C14H15F4N3. The third kappa shape index (κ3) is 2.86. The van der Waals surface area contributed by atoms with Crippen LogP contribution in [-0.4, -0.2) is 9.55 Å². The summed E-state index contributed by atoms with van der Waals surface area (Å²) in [4.78, 5) is 4.24. The minimum absolute atomic E-state index is 0.0294. The first-order chi connectivity index (χ1) is 9.77. The van der Waals surface area contributed by atoms with Crippen molar-refractivity contribution in [2.75, 3.05) is 5.73 Å². The van der Waals surface area contributed by atoms with Crippen molar-refractivity contribution < 1.29 is 17.6 Å². The summed E-state index contributed by atoms with van der Waals surface area (Å²) in [6.45, 7) is 4.27. The van der Waals surface area contributed by atoms with Crippen molar-refractivity contribution in [3.05, 3.63) is 35.4 Å². The van der Waals surface area contributed by atoms with Gasteiger partial charge in [-0.3, -0.25) is 0 Å². The largest absolute Gasteiger partial charge is 0.416 e. The summed E-state index contributed by atoms with van der Waals surface area (Å²) in [6.07, 6.45) is -4.04. The van der Waals surface area contributed by atoms with Gasteiger partial charge in [-0.25, -0.2) is 9.37 Å². The van der Waals surface area contributed by atoms with E-state index in [0.29, 0.717) is 24.9 Å². The summed E-state index contributed by atoms with van der Waals surface area (Å²) < 4.78 is 53.4. The molecule has 7 heteroatoms. The fourth-order valence-electron chi connectivity index (χ4n) is 2.24. The molecular weight excluding hydrogens is 286 g/mol. The average molecular weight is 301 g/mol. The molecule has 2 rings (SSSR count). The van der Waals surface area contributed by atoms with Crippen molar-refractivity contribution in [2.45, 2.75) is 33.0 Å². The molecule has 0 saturated heterocycles. The Bertz CT molecular complexity index is 659. The SMILES string of the molecule is CCc1nc(-c2cc(F)cc(C(F)(F)F)c2)c(N)n1CC. The molecule has 2 N–H and O–H groups in total. The Morgan fingerprint density at radius 3 is 2.33 bits per heavy atom. The number of anilines is 1. The van der Waals surface area contributed by atoms with Gasteiger partial charge in [0.1, 0.15) is 23.2 Å². The van der Waals surface area contributed by atoms with Gasteiger partial charge in [-0.1, -0.05) is 6.92 Å². The van der Waals surface area contributed by atoms with Crippen LogP contribution in [0.1, 0.15) is 25.2 Å². The smallest absolute Gasteiger partial charge is 0.383 e. The Balaban J connectivity index is 2.62. The molecule has 21 heavy (non-hydrogen) atoms. The normalized spacial score (nSPS) is 11.9. The molecule has 0 amide bonds. The van der Waals surface area contributed by atoms with E-state index < -0.39 is 17.6 Å². The number of nitrogen functional groups attached to an aromatic ring is 1. The lowest BCUT2D eigenvalue weighted by atomic mass is 10.1. The Hall–Kier alpha value is -2.05. The average Bonchev–Trinajstić information content (AvgIpc) is 2.73. The molecule has 0 atom stereocenters. The van der Waals surface area contributed by atoms with Gasteiger partial charge < -0.3 is 10.3 Å². The molecule has 0 radical (unpaired) electrons. The molecule has 0 bridgehead atoms. The quantitative estimate of drug-likeness (QED) is 0.875. The summed E-state index contributed by atoms with van der Waals surface area (Å²) in [7, 11) is 0. The maximum Gasteiger partial charge on any atom is 0.416 e. The molecule has 0 aliphatic heterocycles. The van der Waals surface area contributed by atoms with Crippen molar-refractivity contribution in [1.82, 2.24) is 9.55 Å². The molecule has 0 aliphatic rings.